The molecule has 0 bridgehead atoms. The van der Waals surface area contributed by atoms with Gasteiger partial charge in [-0.1, -0.05) is 6.42 Å². The molecule has 1 aliphatic carbocycles. The van der Waals surface area contributed by atoms with Gasteiger partial charge in [0.25, 0.3) is 0 Å². The minimum Gasteiger partial charge on any atom is -0.378 e. The molecule has 1 aromatic heterocycles. The molecule has 3 fully saturated rings. The molecule has 2 aliphatic heterocycles. The maximum Gasteiger partial charge on any atom is 0.323 e. The Balaban J connectivity index is 1.22. The van der Waals surface area contributed by atoms with Gasteiger partial charge >= 0.3 is 6.03 Å². The van der Waals surface area contributed by atoms with Crippen molar-refractivity contribution >= 4 is 35.0 Å². The summed E-state index contributed by atoms with van der Waals surface area (Å²) in [5.41, 5.74) is 2.99. The van der Waals surface area contributed by atoms with Gasteiger partial charge in [0.1, 0.15) is 5.72 Å². The lowest BCUT2D eigenvalue weighted by Gasteiger charge is -2.40. The Morgan fingerprint density at radius 3 is 2.10 bits per heavy atom. The van der Waals surface area contributed by atoms with Crippen LogP contribution in [0.2, 0.25) is 0 Å². The minimum atomic E-state index is -0.326. The predicted molar refractivity (Wildman–Crippen MR) is 161 cm³/mol. The van der Waals surface area contributed by atoms with Crippen LogP contribution >= 0.6 is 0 Å². The number of morpholine rings is 1. The lowest BCUT2D eigenvalue weighted by atomic mass is 9.91. The molecule has 0 unspecified atom stereocenters. The first-order valence-electron chi connectivity index (χ1n) is 14.5. The predicted octanol–water partition coefficient (Wildman–Crippen LogP) is 4.58. The molecule has 2 saturated heterocycles. The van der Waals surface area contributed by atoms with Gasteiger partial charge in [-0.25, -0.2) is 4.79 Å². The van der Waals surface area contributed by atoms with Gasteiger partial charge < -0.3 is 34.8 Å². The molecule has 2 amide bonds. The second kappa shape index (κ2) is 11.9. The number of anilines is 5. The topological polar surface area (TPSA) is 108 Å². The Hall–Kier alpha value is -3.96. The van der Waals surface area contributed by atoms with Crippen LogP contribution in [0.1, 0.15) is 32.1 Å². The fraction of sp³-hybridized carbons (Fsp3) is 0.467. The van der Waals surface area contributed by atoms with Crippen LogP contribution in [0.25, 0.3) is 11.4 Å². The van der Waals surface area contributed by atoms with Crippen LogP contribution in [0.15, 0.2) is 48.5 Å². The van der Waals surface area contributed by atoms with Crippen LogP contribution in [-0.4, -0.2) is 80.3 Å². The van der Waals surface area contributed by atoms with Crippen molar-refractivity contribution < 1.29 is 14.3 Å². The summed E-state index contributed by atoms with van der Waals surface area (Å²) in [5.74, 6) is 1.93. The van der Waals surface area contributed by atoms with E-state index < -0.39 is 0 Å². The van der Waals surface area contributed by atoms with Gasteiger partial charge in [-0.2, -0.15) is 15.0 Å². The van der Waals surface area contributed by atoms with Crippen LogP contribution in [0, 0.1) is 0 Å². The number of nitrogens with zero attached hydrogens (tertiary/aromatic N) is 6. The number of aromatic nitrogens is 3. The molecular weight excluding hydrogens is 520 g/mol. The first kappa shape index (κ1) is 27.2. The van der Waals surface area contributed by atoms with Gasteiger partial charge in [-0.3, -0.25) is 0 Å². The number of amides is 2. The molecule has 3 aromatic rings. The number of hydrogen-bond acceptors (Lipinski definition) is 9. The van der Waals surface area contributed by atoms with E-state index in [1.54, 1.807) is 0 Å². The monoisotopic (exact) mass is 558 g/mol. The lowest BCUT2D eigenvalue weighted by molar-refractivity contribution is -0.0233. The van der Waals surface area contributed by atoms with Crippen molar-refractivity contribution in [3.63, 3.8) is 0 Å². The fourth-order valence-corrected chi connectivity index (χ4v) is 5.76. The third kappa shape index (κ3) is 6.06. The first-order valence-corrected chi connectivity index (χ1v) is 14.5. The van der Waals surface area contributed by atoms with E-state index in [0.29, 0.717) is 43.2 Å². The summed E-state index contributed by atoms with van der Waals surface area (Å²) in [6.07, 6.45) is 5.51. The highest BCUT2D eigenvalue weighted by molar-refractivity contribution is 5.99. The number of ether oxygens (including phenoxy) is 2. The molecule has 6 rings (SSSR count). The van der Waals surface area contributed by atoms with Crippen LogP contribution in [0.4, 0.5) is 33.8 Å². The van der Waals surface area contributed by atoms with E-state index in [1.165, 1.54) is 6.42 Å². The van der Waals surface area contributed by atoms with E-state index in [9.17, 15) is 4.79 Å². The SMILES string of the molecule is CN(C)c1ccc(NC(=O)Nc2ccc(-c3nc(N4CCOCC4)nc(N4CCOC45CCCCC5)n3)cc2)cc1. The summed E-state index contributed by atoms with van der Waals surface area (Å²) >= 11 is 0. The molecule has 1 spiro atoms. The van der Waals surface area contributed by atoms with Crippen molar-refractivity contribution in [2.24, 2.45) is 0 Å². The van der Waals surface area contributed by atoms with Crippen LogP contribution in [0.3, 0.4) is 0 Å². The highest BCUT2D eigenvalue weighted by Crippen LogP contribution is 2.40. The van der Waals surface area contributed by atoms with Gasteiger partial charge in [0, 0.05) is 56.4 Å². The minimum absolute atomic E-state index is 0.306. The van der Waals surface area contributed by atoms with Crippen molar-refractivity contribution in [1.29, 1.82) is 0 Å². The van der Waals surface area contributed by atoms with Gasteiger partial charge in [0.15, 0.2) is 5.82 Å². The Kier molecular flexibility index (Phi) is 7.89. The second-order valence-corrected chi connectivity index (χ2v) is 11.0. The molecule has 3 heterocycles. The second-order valence-electron chi connectivity index (χ2n) is 11.0. The van der Waals surface area contributed by atoms with E-state index in [-0.39, 0.29) is 11.8 Å². The maximum absolute atomic E-state index is 12.6. The molecule has 2 aromatic carbocycles. The number of carbonyl (C=O) groups excluding carboxylic acids is 1. The zero-order valence-electron chi connectivity index (χ0n) is 23.8. The zero-order chi connectivity index (χ0) is 28.2. The summed E-state index contributed by atoms with van der Waals surface area (Å²) in [7, 11) is 3.96. The quantitative estimate of drug-likeness (QED) is 0.449. The molecule has 41 heavy (non-hydrogen) atoms. The Labute approximate surface area is 240 Å². The van der Waals surface area contributed by atoms with Crippen molar-refractivity contribution in [2.75, 3.05) is 78.9 Å². The highest BCUT2D eigenvalue weighted by atomic mass is 16.5. The summed E-state index contributed by atoms with van der Waals surface area (Å²) in [6, 6.07) is 15.0. The normalized spacial score (nSPS) is 18.4. The third-order valence-corrected chi connectivity index (χ3v) is 8.00. The number of rotatable bonds is 6. The lowest BCUT2D eigenvalue weighted by Crippen LogP contribution is -2.47. The molecule has 11 nitrogen and oxygen atoms in total. The summed E-state index contributed by atoms with van der Waals surface area (Å²) < 4.78 is 11.9. The van der Waals surface area contributed by atoms with Crippen LogP contribution < -0.4 is 25.3 Å². The Bertz CT molecular complexity index is 1340. The zero-order valence-corrected chi connectivity index (χ0v) is 23.8. The third-order valence-electron chi connectivity index (χ3n) is 8.00. The Morgan fingerprint density at radius 1 is 0.805 bits per heavy atom. The Morgan fingerprint density at radius 2 is 1.44 bits per heavy atom. The summed E-state index contributed by atoms with van der Waals surface area (Å²) in [5, 5.41) is 5.78. The number of nitrogens with one attached hydrogen (secondary N) is 2. The standard InChI is InChI=1S/C30H38N8O3/c1-36(2)25-12-10-24(11-13-25)32-29(39)31-23-8-6-22(7-9-23)26-33-27(37-16-19-40-20-17-37)35-28(34-26)38-18-21-41-30(38)14-4-3-5-15-30/h6-13H,3-5,14-21H2,1-2H3,(H2,31,32,39). The van der Waals surface area contributed by atoms with Crippen molar-refractivity contribution in [3.8, 4) is 11.4 Å². The first-order chi connectivity index (χ1) is 20.0. The van der Waals surface area contributed by atoms with Crippen molar-refractivity contribution in [1.82, 2.24) is 15.0 Å². The molecule has 0 atom stereocenters. The van der Waals surface area contributed by atoms with Gasteiger partial charge in [-0.05, 0) is 74.2 Å². The molecular formula is C30H38N8O3. The number of urea groups is 1. The van der Waals surface area contributed by atoms with Crippen LogP contribution in [-0.2, 0) is 9.47 Å². The van der Waals surface area contributed by atoms with E-state index >= 15 is 0 Å². The van der Waals surface area contributed by atoms with E-state index in [1.807, 2.05) is 67.5 Å². The van der Waals surface area contributed by atoms with E-state index in [2.05, 4.69) is 20.4 Å². The average molecular weight is 559 g/mol. The maximum atomic E-state index is 12.6. The van der Waals surface area contributed by atoms with E-state index in [0.717, 1.165) is 62.3 Å². The highest BCUT2D eigenvalue weighted by Gasteiger charge is 2.44. The summed E-state index contributed by atoms with van der Waals surface area (Å²) in [6.45, 7) is 4.21. The number of benzene rings is 2. The van der Waals surface area contributed by atoms with Gasteiger partial charge in [0.05, 0.1) is 19.8 Å². The molecule has 3 aliphatic rings. The number of carbonyl (C=O) groups is 1. The van der Waals surface area contributed by atoms with Crippen molar-refractivity contribution in [3.05, 3.63) is 48.5 Å². The smallest absolute Gasteiger partial charge is 0.323 e. The van der Waals surface area contributed by atoms with Gasteiger partial charge in [-0.15, -0.1) is 0 Å². The largest absolute Gasteiger partial charge is 0.378 e. The van der Waals surface area contributed by atoms with Gasteiger partial charge in [0.2, 0.25) is 11.9 Å². The molecule has 1 saturated carbocycles. The molecule has 11 heteroatoms. The molecule has 0 radical (unpaired) electrons. The van der Waals surface area contributed by atoms with Crippen LogP contribution in [0.5, 0.6) is 0 Å². The number of hydrogen-bond donors (Lipinski definition) is 2. The fourth-order valence-electron chi connectivity index (χ4n) is 5.76. The summed E-state index contributed by atoms with van der Waals surface area (Å²) in [4.78, 5) is 33.8. The van der Waals surface area contributed by atoms with Crippen molar-refractivity contribution in [2.45, 2.75) is 37.8 Å². The van der Waals surface area contributed by atoms with E-state index in [4.69, 9.17) is 24.4 Å². The molecule has 216 valence electrons. The average Bonchev–Trinajstić information content (AvgIpc) is 3.40. The molecule has 2 N–H and O–H groups in total.